The van der Waals surface area contributed by atoms with Crippen LogP contribution in [0.4, 0.5) is 14.5 Å². The molecule has 204 valence electrons. The van der Waals surface area contributed by atoms with Gasteiger partial charge in [0.15, 0.2) is 17.3 Å². The number of carbonyl (C=O) groups is 1. The summed E-state index contributed by atoms with van der Waals surface area (Å²) in [6.45, 7) is 1.52. The molecule has 0 aliphatic carbocycles. The van der Waals surface area contributed by atoms with E-state index in [-0.39, 0.29) is 17.1 Å². The Morgan fingerprint density at radius 2 is 1.65 bits per heavy atom. The number of carbonyl (C=O) groups excluding carboxylic acids is 1. The third-order valence-corrected chi connectivity index (χ3v) is 6.53. The van der Waals surface area contributed by atoms with Gasteiger partial charge in [0, 0.05) is 11.1 Å². The average molecular weight is 565 g/mol. The van der Waals surface area contributed by atoms with Gasteiger partial charge in [0.2, 0.25) is 21.8 Å². The number of hydrogen-bond donors (Lipinski definition) is 2. The molecular formula is C28H22F2N4O5S. The van der Waals surface area contributed by atoms with Gasteiger partial charge in [-0.1, -0.05) is 36.4 Å². The Morgan fingerprint density at radius 3 is 2.30 bits per heavy atom. The summed E-state index contributed by atoms with van der Waals surface area (Å²) in [6, 6.07) is 16.1. The van der Waals surface area contributed by atoms with Crippen LogP contribution in [0.1, 0.15) is 29.0 Å². The van der Waals surface area contributed by atoms with Crippen LogP contribution in [0.15, 0.2) is 88.2 Å². The largest absolute Gasteiger partial charge is 0.445 e. The zero-order chi connectivity index (χ0) is 28.4. The van der Waals surface area contributed by atoms with Crippen molar-refractivity contribution in [1.29, 1.82) is 0 Å². The highest BCUT2D eigenvalue weighted by atomic mass is 32.2. The summed E-state index contributed by atoms with van der Waals surface area (Å²) >= 11 is 0. The van der Waals surface area contributed by atoms with Crippen molar-refractivity contribution >= 4 is 21.6 Å². The van der Waals surface area contributed by atoms with Gasteiger partial charge in [-0.05, 0) is 47.9 Å². The highest BCUT2D eigenvalue weighted by Crippen LogP contribution is 2.35. The summed E-state index contributed by atoms with van der Waals surface area (Å²) < 4.78 is 64.6. The molecule has 12 heteroatoms. The van der Waals surface area contributed by atoms with E-state index in [1.165, 1.54) is 25.6 Å². The Labute approximate surface area is 228 Å². The van der Waals surface area contributed by atoms with Crippen LogP contribution in [0.5, 0.6) is 0 Å². The number of anilines is 1. The molecule has 0 saturated carbocycles. The van der Waals surface area contributed by atoms with E-state index in [1.807, 2.05) is 42.5 Å². The number of amides is 1. The van der Waals surface area contributed by atoms with Crippen molar-refractivity contribution < 1.29 is 30.8 Å². The van der Waals surface area contributed by atoms with Gasteiger partial charge in [0.25, 0.3) is 5.91 Å². The van der Waals surface area contributed by atoms with E-state index >= 15 is 0 Å². The lowest BCUT2D eigenvalue weighted by atomic mass is 9.97. The number of oxazole rings is 2. The summed E-state index contributed by atoms with van der Waals surface area (Å²) in [6.07, 6.45) is 4.96. The minimum absolute atomic E-state index is 0.0568. The smallest absolute Gasteiger partial charge is 0.273 e. The van der Waals surface area contributed by atoms with Crippen molar-refractivity contribution in [1.82, 2.24) is 15.3 Å². The van der Waals surface area contributed by atoms with Gasteiger partial charge < -0.3 is 14.2 Å². The van der Waals surface area contributed by atoms with Gasteiger partial charge in [0.05, 0.1) is 18.5 Å². The fourth-order valence-corrected chi connectivity index (χ4v) is 4.64. The highest BCUT2D eigenvalue weighted by Gasteiger charge is 2.22. The normalized spacial score (nSPS) is 12.2. The highest BCUT2D eigenvalue weighted by molar-refractivity contribution is 7.92. The third kappa shape index (κ3) is 5.76. The Hall–Kier alpha value is -4.84. The van der Waals surface area contributed by atoms with Crippen LogP contribution in [0.3, 0.4) is 0 Å². The SMILES string of the molecule is CC(NC(=O)c1coc(-c2cc(-c3ncco3)ccc2-c2ccccc2)n1)c1cc(F)c(NS(C)(=O)=O)c(F)c1. The number of rotatable bonds is 8. The summed E-state index contributed by atoms with van der Waals surface area (Å²) in [5.41, 5.74) is 2.18. The number of benzene rings is 3. The molecule has 1 amide bonds. The van der Waals surface area contributed by atoms with Gasteiger partial charge in [-0.25, -0.2) is 27.2 Å². The molecule has 40 heavy (non-hydrogen) atoms. The van der Waals surface area contributed by atoms with Gasteiger partial charge >= 0.3 is 0 Å². The Morgan fingerprint density at radius 1 is 0.925 bits per heavy atom. The second kappa shape index (κ2) is 10.7. The molecule has 0 aliphatic heterocycles. The summed E-state index contributed by atoms with van der Waals surface area (Å²) in [5, 5.41) is 2.62. The number of aromatic nitrogens is 2. The summed E-state index contributed by atoms with van der Waals surface area (Å²) in [4.78, 5) is 21.5. The van der Waals surface area contributed by atoms with Gasteiger partial charge in [-0.3, -0.25) is 9.52 Å². The van der Waals surface area contributed by atoms with Crippen molar-refractivity contribution in [3.8, 4) is 34.0 Å². The monoisotopic (exact) mass is 564 g/mol. The zero-order valence-corrected chi connectivity index (χ0v) is 22.0. The zero-order valence-electron chi connectivity index (χ0n) is 21.2. The van der Waals surface area contributed by atoms with E-state index in [4.69, 9.17) is 8.83 Å². The minimum atomic E-state index is -3.89. The maximum absolute atomic E-state index is 14.4. The lowest BCUT2D eigenvalue weighted by Gasteiger charge is -2.15. The fourth-order valence-electron chi connectivity index (χ4n) is 4.07. The number of hydrogen-bond acceptors (Lipinski definition) is 7. The Kier molecular flexibility index (Phi) is 7.18. The van der Waals surface area contributed by atoms with Crippen LogP contribution in [-0.4, -0.2) is 30.5 Å². The second-order valence-corrected chi connectivity index (χ2v) is 10.7. The predicted octanol–water partition coefficient (Wildman–Crippen LogP) is 5.80. The molecule has 0 fully saturated rings. The van der Waals surface area contributed by atoms with E-state index in [9.17, 15) is 22.0 Å². The van der Waals surface area contributed by atoms with E-state index < -0.39 is 39.3 Å². The number of sulfonamides is 1. The standard InChI is InChI=1S/C28H22F2N4O5S/c1-16(19-13-22(29)25(23(30)14-19)34-40(2,36)37)32-26(35)24-15-39-28(33-24)21-12-18(27-31-10-11-38-27)8-9-20(21)17-6-4-3-5-7-17/h3-16,34H,1-2H3,(H,32,35). The molecule has 1 unspecified atom stereocenters. The first kappa shape index (κ1) is 26.8. The quantitative estimate of drug-likeness (QED) is 0.244. The van der Waals surface area contributed by atoms with Crippen LogP contribution in [0.2, 0.25) is 0 Å². The predicted molar refractivity (Wildman–Crippen MR) is 144 cm³/mol. The van der Waals surface area contributed by atoms with Crippen LogP contribution < -0.4 is 10.0 Å². The molecule has 0 saturated heterocycles. The molecule has 5 rings (SSSR count). The molecule has 1 atom stereocenters. The average Bonchev–Trinajstić information content (AvgIpc) is 3.63. The molecule has 2 heterocycles. The maximum atomic E-state index is 14.4. The maximum Gasteiger partial charge on any atom is 0.273 e. The summed E-state index contributed by atoms with van der Waals surface area (Å²) in [5.74, 6) is -2.32. The molecule has 9 nitrogen and oxygen atoms in total. The van der Waals surface area contributed by atoms with Gasteiger partial charge in [-0.15, -0.1) is 0 Å². The molecule has 0 bridgehead atoms. The van der Waals surface area contributed by atoms with Crippen LogP contribution in [0, 0.1) is 11.6 Å². The van der Waals surface area contributed by atoms with E-state index in [2.05, 4.69) is 15.3 Å². The Bertz CT molecular complexity index is 1770. The van der Waals surface area contributed by atoms with Gasteiger partial charge in [0.1, 0.15) is 18.2 Å². The van der Waals surface area contributed by atoms with Gasteiger partial charge in [-0.2, -0.15) is 0 Å². The van der Waals surface area contributed by atoms with Crippen LogP contribution >= 0.6 is 0 Å². The number of nitrogens with zero attached hydrogens (tertiary/aromatic N) is 2. The van der Waals surface area contributed by atoms with Crippen molar-refractivity contribution in [2.45, 2.75) is 13.0 Å². The molecule has 2 N–H and O–H groups in total. The summed E-state index contributed by atoms with van der Waals surface area (Å²) in [7, 11) is -3.89. The fraction of sp³-hybridized carbons (Fsp3) is 0.107. The van der Waals surface area contributed by atoms with Crippen molar-refractivity contribution in [2.24, 2.45) is 0 Å². The molecule has 0 aliphatic rings. The van der Waals surface area contributed by atoms with Crippen LogP contribution in [0.25, 0.3) is 34.0 Å². The molecule has 2 aromatic heterocycles. The van der Waals surface area contributed by atoms with Crippen molar-refractivity contribution in [3.05, 3.63) is 102 Å². The van der Waals surface area contributed by atoms with Crippen molar-refractivity contribution in [2.75, 3.05) is 11.0 Å². The molecule has 0 radical (unpaired) electrons. The van der Waals surface area contributed by atoms with E-state index in [1.54, 1.807) is 10.8 Å². The second-order valence-electron chi connectivity index (χ2n) is 8.93. The molecular weight excluding hydrogens is 542 g/mol. The molecule has 0 spiro atoms. The third-order valence-electron chi connectivity index (χ3n) is 5.95. The van der Waals surface area contributed by atoms with E-state index in [0.29, 0.717) is 17.0 Å². The first-order valence-electron chi connectivity index (χ1n) is 11.9. The first-order chi connectivity index (χ1) is 19.1. The number of halogens is 2. The van der Waals surface area contributed by atoms with E-state index in [0.717, 1.165) is 29.5 Å². The Balaban J connectivity index is 1.42. The molecule has 5 aromatic rings. The van der Waals surface area contributed by atoms with Crippen LogP contribution in [-0.2, 0) is 10.0 Å². The number of nitrogens with one attached hydrogen (secondary N) is 2. The minimum Gasteiger partial charge on any atom is -0.445 e. The van der Waals surface area contributed by atoms with Crippen molar-refractivity contribution in [3.63, 3.8) is 0 Å². The lowest BCUT2D eigenvalue weighted by molar-refractivity contribution is 0.0934. The lowest BCUT2D eigenvalue weighted by Crippen LogP contribution is -2.27. The first-order valence-corrected chi connectivity index (χ1v) is 13.8. The molecule has 3 aromatic carbocycles. The topological polar surface area (TPSA) is 127 Å².